The van der Waals surface area contributed by atoms with E-state index in [1.54, 1.807) is 0 Å². The molecule has 0 fully saturated rings. The molecule has 0 saturated heterocycles. The van der Waals surface area contributed by atoms with Crippen molar-refractivity contribution < 1.29 is 0 Å². The number of aryl methyl sites for hydroxylation is 1. The lowest BCUT2D eigenvalue weighted by atomic mass is 9.45. The van der Waals surface area contributed by atoms with Crippen molar-refractivity contribution in [2.75, 3.05) is 4.90 Å². The van der Waals surface area contributed by atoms with E-state index in [4.69, 9.17) is 0 Å². The van der Waals surface area contributed by atoms with Gasteiger partial charge in [-0.2, -0.15) is 0 Å². The molecule has 0 unspecified atom stereocenters. The molecule has 2 aliphatic heterocycles. The summed E-state index contributed by atoms with van der Waals surface area (Å²) in [5.41, 5.74) is 17.9. The standard InChI is InChI=1S/C40H35BN2/c1-4-5-7-15-26-24-31-28-19-14-20-30-36-39(29-18-10-11-21-32(29)40(36,2)3)43(38(28)30)41-33-22-12-13-23-34(33)42(35(25-26)37(31)41)27-16-8-6-9-17-27/h6,8-14,16-25H,4-5,7,15H2,1-3H3. The second-order valence-corrected chi connectivity index (χ2v) is 13.1. The summed E-state index contributed by atoms with van der Waals surface area (Å²) in [7, 11) is 0. The second kappa shape index (κ2) is 9.00. The first-order valence-corrected chi connectivity index (χ1v) is 16.0. The molecule has 0 atom stereocenters. The van der Waals surface area contributed by atoms with Crippen LogP contribution in [0.2, 0.25) is 0 Å². The summed E-state index contributed by atoms with van der Waals surface area (Å²) in [4.78, 5) is 2.53. The number of benzene rings is 5. The molecule has 0 amide bonds. The highest BCUT2D eigenvalue weighted by molar-refractivity contribution is 6.89. The smallest absolute Gasteiger partial charge is 0.333 e. The fraction of sp³-hybridized carbons (Fsp3) is 0.200. The molecule has 0 bridgehead atoms. The highest BCUT2D eigenvalue weighted by Gasteiger charge is 2.48. The number of aromatic nitrogens is 1. The minimum atomic E-state index is -0.0665. The Morgan fingerprint density at radius 2 is 1.47 bits per heavy atom. The van der Waals surface area contributed by atoms with Crippen molar-refractivity contribution in [3.05, 3.63) is 126 Å². The van der Waals surface area contributed by atoms with Crippen molar-refractivity contribution in [2.45, 2.75) is 51.9 Å². The molecule has 1 aromatic heterocycles. The Kier molecular flexibility index (Phi) is 5.24. The van der Waals surface area contributed by atoms with Crippen LogP contribution in [-0.2, 0) is 11.8 Å². The number of nitrogens with zero attached hydrogens (tertiary/aromatic N) is 2. The average molecular weight is 555 g/mol. The van der Waals surface area contributed by atoms with Crippen LogP contribution in [-0.4, -0.2) is 11.3 Å². The summed E-state index contributed by atoms with van der Waals surface area (Å²) in [6, 6.07) is 41.3. The van der Waals surface area contributed by atoms with Gasteiger partial charge in [0.1, 0.15) is 0 Å². The molecule has 0 radical (unpaired) electrons. The van der Waals surface area contributed by atoms with Crippen molar-refractivity contribution >= 4 is 45.7 Å². The summed E-state index contributed by atoms with van der Waals surface area (Å²) in [6.45, 7) is 7.24. The topological polar surface area (TPSA) is 8.17 Å². The van der Waals surface area contributed by atoms with Gasteiger partial charge in [0, 0.05) is 50.2 Å². The van der Waals surface area contributed by atoms with E-state index in [-0.39, 0.29) is 12.3 Å². The molecule has 0 N–H and O–H groups in total. The van der Waals surface area contributed by atoms with Crippen LogP contribution in [0.15, 0.2) is 109 Å². The van der Waals surface area contributed by atoms with Gasteiger partial charge < -0.3 is 9.38 Å². The first-order chi connectivity index (χ1) is 21.1. The van der Waals surface area contributed by atoms with E-state index >= 15 is 0 Å². The number of anilines is 3. The molecule has 0 saturated carbocycles. The number of unbranched alkanes of at least 4 members (excludes halogenated alkanes) is 2. The first kappa shape index (κ1) is 25.0. The molecule has 3 heterocycles. The summed E-state index contributed by atoms with van der Waals surface area (Å²) >= 11 is 0. The van der Waals surface area contributed by atoms with Gasteiger partial charge in [-0.25, -0.2) is 0 Å². The SMILES string of the molecule is CCCCCc1cc2c3c(c1)N(c1ccccc1)c1ccccc1B3n1c3c(c4cccc-2c41)C(C)(C)c1ccccc1-3. The maximum atomic E-state index is 2.73. The lowest BCUT2D eigenvalue weighted by molar-refractivity contribution is 0.666. The Morgan fingerprint density at radius 1 is 0.698 bits per heavy atom. The second-order valence-electron chi connectivity index (χ2n) is 13.1. The first-order valence-electron chi connectivity index (χ1n) is 16.0. The predicted octanol–water partition coefficient (Wildman–Crippen LogP) is 9.10. The van der Waals surface area contributed by atoms with E-state index in [0.717, 1.165) is 6.42 Å². The zero-order chi connectivity index (χ0) is 28.9. The van der Waals surface area contributed by atoms with Crippen LogP contribution in [0.4, 0.5) is 17.1 Å². The number of fused-ring (bicyclic) bond motifs is 9. The van der Waals surface area contributed by atoms with E-state index in [2.05, 4.69) is 139 Å². The Bertz CT molecular complexity index is 2080. The fourth-order valence-electron chi connectivity index (χ4n) is 8.55. The van der Waals surface area contributed by atoms with E-state index in [1.807, 2.05) is 0 Å². The molecule has 5 aromatic carbocycles. The van der Waals surface area contributed by atoms with Crippen LogP contribution in [0, 0.1) is 0 Å². The Balaban J connectivity index is 1.43. The molecule has 0 spiro atoms. The van der Waals surface area contributed by atoms with Gasteiger partial charge in [-0.15, -0.1) is 0 Å². The van der Waals surface area contributed by atoms with Gasteiger partial charge in [0.2, 0.25) is 0 Å². The Hall–Kier alpha value is -4.50. The highest BCUT2D eigenvalue weighted by atomic mass is 15.2. The van der Waals surface area contributed by atoms with Crippen LogP contribution < -0.4 is 15.8 Å². The summed E-state index contributed by atoms with van der Waals surface area (Å²) in [5.74, 6) is 0. The normalized spacial score (nSPS) is 14.9. The maximum Gasteiger partial charge on any atom is 0.333 e. The Morgan fingerprint density at radius 3 is 2.33 bits per heavy atom. The lowest BCUT2D eigenvalue weighted by Crippen LogP contribution is -2.57. The highest BCUT2D eigenvalue weighted by Crippen LogP contribution is 2.55. The van der Waals surface area contributed by atoms with Gasteiger partial charge >= 0.3 is 6.85 Å². The maximum absolute atomic E-state index is 2.73. The zero-order valence-corrected chi connectivity index (χ0v) is 25.2. The number of para-hydroxylation sites is 3. The zero-order valence-electron chi connectivity index (χ0n) is 25.2. The van der Waals surface area contributed by atoms with Gasteiger partial charge in [-0.05, 0) is 70.3 Å². The van der Waals surface area contributed by atoms with E-state index in [0.29, 0.717) is 0 Å². The molecule has 1 aliphatic carbocycles. The molecule has 6 aromatic rings. The molecule has 9 rings (SSSR count). The van der Waals surface area contributed by atoms with Crippen LogP contribution in [0.5, 0.6) is 0 Å². The van der Waals surface area contributed by atoms with E-state index in [9.17, 15) is 0 Å². The molecule has 43 heavy (non-hydrogen) atoms. The van der Waals surface area contributed by atoms with E-state index < -0.39 is 0 Å². The monoisotopic (exact) mass is 554 g/mol. The van der Waals surface area contributed by atoms with Crippen molar-refractivity contribution in [1.29, 1.82) is 0 Å². The van der Waals surface area contributed by atoms with Gasteiger partial charge in [-0.1, -0.05) is 119 Å². The predicted molar refractivity (Wildman–Crippen MR) is 183 cm³/mol. The third-order valence-electron chi connectivity index (χ3n) is 10.3. The average Bonchev–Trinajstić information content (AvgIpc) is 3.51. The van der Waals surface area contributed by atoms with Gasteiger partial charge in [0.25, 0.3) is 0 Å². The van der Waals surface area contributed by atoms with Gasteiger partial charge in [0.05, 0.1) is 0 Å². The van der Waals surface area contributed by atoms with Crippen molar-refractivity contribution in [2.24, 2.45) is 0 Å². The molecule has 2 nitrogen and oxygen atoms in total. The molecule has 3 heteroatoms. The minimum absolute atomic E-state index is 0.0665. The van der Waals surface area contributed by atoms with Crippen molar-refractivity contribution in [3.63, 3.8) is 0 Å². The van der Waals surface area contributed by atoms with Gasteiger partial charge in [-0.3, -0.25) is 0 Å². The lowest BCUT2D eigenvalue weighted by Gasteiger charge is -2.41. The quantitative estimate of drug-likeness (QED) is 0.152. The minimum Gasteiger partial charge on any atom is -0.375 e. The third-order valence-corrected chi connectivity index (χ3v) is 10.3. The third kappa shape index (κ3) is 3.26. The van der Waals surface area contributed by atoms with Crippen LogP contribution >= 0.6 is 0 Å². The molecule has 3 aliphatic rings. The fourth-order valence-corrected chi connectivity index (χ4v) is 8.55. The number of hydrogen-bond donors (Lipinski definition) is 0. The summed E-state index contributed by atoms with van der Waals surface area (Å²) < 4.78 is 2.73. The molecular weight excluding hydrogens is 519 g/mol. The summed E-state index contributed by atoms with van der Waals surface area (Å²) in [6.07, 6.45) is 4.83. The van der Waals surface area contributed by atoms with Crippen molar-refractivity contribution in [3.8, 4) is 22.4 Å². The van der Waals surface area contributed by atoms with Crippen LogP contribution in [0.25, 0.3) is 33.3 Å². The summed E-state index contributed by atoms with van der Waals surface area (Å²) in [5, 5.41) is 1.40. The Labute approximate surface area is 254 Å². The molecule has 208 valence electrons. The largest absolute Gasteiger partial charge is 0.375 e. The number of hydrogen-bond acceptors (Lipinski definition) is 1. The van der Waals surface area contributed by atoms with Gasteiger partial charge in [0.15, 0.2) is 0 Å². The number of rotatable bonds is 5. The van der Waals surface area contributed by atoms with Crippen LogP contribution in [0.3, 0.4) is 0 Å². The van der Waals surface area contributed by atoms with Crippen LogP contribution in [0.1, 0.15) is 56.7 Å². The van der Waals surface area contributed by atoms with E-state index in [1.165, 1.54) is 97.2 Å². The van der Waals surface area contributed by atoms with Crippen molar-refractivity contribution in [1.82, 2.24) is 4.48 Å². The molecular formula is C40H35BN2.